The van der Waals surface area contributed by atoms with Crippen molar-refractivity contribution in [2.75, 3.05) is 20.2 Å². The van der Waals surface area contributed by atoms with Crippen LogP contribution < -0.4 is 0 Å². The maximum atomic E-state index is 11.2. The smallest absolute Gasteiger partial charge is 0.319 e. The largest absolute Gasteiger partial charge is 0.468 e. The number of hydrogen-bond acceptors (Lipinski definition) is 5. The summed E-state index contributed by atoms with van der Waals surface area (Å²) < 4.78 is 5.25. The molecule has 1 rings (SSSR count). The lowest BCUT2D eigenvalue weighted by Gasteiger charge is -2.18. The van der Waals surface area contributed by atoms with Gasteiger partial charge in [0, 0.05) is 22.6 Å². The van der Waals surface area contributed by atoms with Crippen LogP contribution in [0.3, 0.4) is 0 Å². The zero-order valence-electron chi connectivity index (χ0n) is 10.8. The van der Waals surface area contributed by atoms with Crippen LogP contribution in [0.1, 0.15) is 12.5 Å². The molecule has 0 saturated carbocycles. The average Bonchev–Trinajstić information content (AvgIpc) is 2.39. The van der Waals surface area contributed by atoms with Crippen LogP contribution in [0.5, 0.6) is 0 Å². The van der Waals surface area contributed by atoms with Gasteiger partial charge in [0.25, 0.3) is 5.69 Å². The fourth-order valence-electron chi connectivity index (χ4n) is 1.61. The van der Waals surface area contributed by atoms with E-state index in [1.165, 1.54) is 13.2 Å². The number of esters is 1. The summed E-state index contributed by atoms with van der Waals surface area (Å²) in [7, 11) is 1.32. The fraction of sp³-hybridized carbons (Fsp3) is 0.417. The van der Waals surface area contributed by atoms with E-state index in [4.69, 9.17) is 0 Å². The Balaban J connectivity index is 2.90. The number of methoxy groups -OCH3 is 1. The number of halogens is 1. The molecule has 19 heavy (non-hydrogen) atoms. The van der Waals surface area contributed by atoms with Crippen LogP contribution >= 0.6 is 15.9 Å². The molecule has 7 heteroatoms. The molecule has 1 aromatic rings. The van der Waals surface area contributed by atoms with Gasteiger partial charge in [-0.3, -0.25) is 19.8 Å². The molecule has 0 spiro atoms. The van der Waals surface area contributed by atoms with Crippen molar-refractivity contribution < 1.29 is 14.5 Å². The third kappa shape index (κ3) is 4.60. The molecule has 0 amide bonds. The highest BCUT2D eigenvalue weighted by Crippen LogP contribution is 2.24. The number of ether oxygens (including phenoxy) is 1. The van der Waals surface area contributed by atoms with Gasteiger partial charge in [-0.1, -0.05) is 22.9 Å². The Morgan fingerprint density at radius 3 is 2.74 bits per heavy atom. The van der Waals surface area contributed by atoms with Gasteiger partial charge in [-0.2, -0.15) is 0 Å². The van der Waals surface area contributed by atoms with Crippen LogP contribution in [0.15, 0.2) is 22.7 Å². The SMILES string of the molecule is CCN(CC(=O)OC)Cc1ccc(Br)cc1[N+](=O)[O-]. The van der Waals surface area contributed by atoms with Gasteiger partial charge >= 0.3 is 5.97 Å². The minimum absolute atomic E-state index is 0.0395. The lowest BCUT2D eigenvalue weighted by Crippen LogP contribution is -2.30. The van der Waals surface area contributed by atoms with Crippen molar-refractivity contribution in [3.8, 4) is 0 Å². The average molecular weight is 331 g/mol. The van der Waals surface area contributed by atoms with E-state index in [2.05, 4.69) is 20.7 Å². The highest BCUT2D eigenvalue weighted by atomic mass is 79.9. The lowest BCUT2D eigenvalue weighted by atomic mass is 10.1. The highest BCUT2D eigenvalue weighted by Gasteiger charge is 2.18. The van der Waals surface area contributed by atoms with Crippen LogP contribution in [0.4, 0.5) is 5.69 Å². The first kappa shape index (κ1) is 15.6. The molecule has 0 heterocycles. The molecule has 0 aliphatic heterocycles. The zero-order valence-corrected chi connectivity index (χ0v) is 12.3. The molecular formula is C12H15BrN2O4. The number of rotatable bonds is 6. The normalized spacial score (nSPS) is 10.5. The van der Waals surface area contributed by atoms with Crippen LogP contribution in [-0.2, 0) is 16.1 Å². The molecule has 0 aliphatic rings. The molecule has 0 saturated heterocycles. The van der Waals surface area contributed by atoms with Gasteiger partial charge in [-0.15, -0.1) is 0 Å². The third-order valence-corrected chi connectivity index (χ3v) is 3.16. The van der Waals surface area contributed by atoms with Crippen molar-refractivity contribution in [3.05, 3.63) is 38.3 Å². The Morgan fingerprint density at radius 1 is 1.53 bits per heavy atom. The predicted octanol–water partition coefficient (Wildman–Crippen LogP) is 2.35. The van der Waals surface area contributed by atoms with Crippen molar-refractivity contribution in [3.63, 3.8) is 0 Å². The van der Waals surface area contributed by atoms with E-state index in [9.17, 15) is 14.9 Å². The van der Waals surface area contributed by atoms with Crippen molar-refractivity contribution >= 4 is 27.6 Å². The van der Waals surface area contributed by atoms with Gasteiger partial charge in [0.1, 0.15) is 0 Å². The second-order valence-corrected chi connectivity index (χ2v) is 4.83. The van der Waals surface area contributed by atoms with Crippen molar-refractivity contribution in [1.82, 2.24) is 4.90 Å². The van der Waals surface area contributed by atoms with E-state index in [-0.39, 0.29) is 18.2 Å². The van der Waals surface area contributed by atoms with Crippen LogP contribution in [0, 0.1) is 10.1 Å². The monoisotopic (exact) mass is 330 g/mol. The van der Waals surface area contributed by atoms with Gasteiger partial charge < -0.3 is 4.74 Å². The van der Waals surface area contributed by atoms with Gasteiger partial charge in [0.15, 0.2) is 0 Å². The summed E-state index contributed by atoms with van der Waals surface area (Å²) in [5.41, 5.74) is 0.608. The second-order valence-electron chi connectivity index (χ2n) is 3.91. The summed E-state index contributed by atoms with van der Waals surface area (Å²) in [6.45, 7) is 2.92. The molecule has 0 radical (unpaired) electrons. The Kier molecular flexibility index (Phi) is 5.91. The number of hydrogen-bond donors (Lipinski definition) is 0. The summed E-state index contributed by atoms with van der Waals surface area (Å²) >= 11 is 3.21. The third-order valence-electron chi connectivity index (χ3n) is 2.67. The quantitative estimate of drug-likeness (QED) is 0.454. The maximum absolute atomic E-state index is 11.2. The molecule has 0 aliphatic carbocycles. The van der Waals surface area contributed by atoms with E-state index in [1.807, 2.05) is 6.92 Å². The summed E-state index contributed by atoms with van der Waals surface area (Å²) in [6, 6.07) is 4.89. The molecule has 0 aromatic heterocycles. The number of nitro benzene ring substituents is 1. The topological polar surface area (TPSA) is 72.7 Å². The van der Waals surface area contributed by atoms with Crippen LogP contribution in [0.25, 0.3) is 0 Å². The zero-order chi connectivity index (χ0) is 14.4. The fourth-order valence-corrected chi connectivity index (χ4v) is 1.96. The van der Waals surface area contributed by atoms with Crippen molar-refractivity contribution in [2.45, 2.75) is 13.5 Å². The molecule has 1 aromatic carbocycles. The second kappa shape index (κ2) is 7.20. The first-order valence-electron chi connectivity index (χ1n) is 5.70. The number of nitro groups is 1. The Bertz CT molecular complexity index is 479. The summed E-state index contributed by atoms with van der Waals surface area (Å²) in [5.74, 6) is -0.360. The Hall–Kier alpha value is -1.47. The maximum Gasteiger partial charge on any atom is 0.319 e. The number of nitrogens with zero attached hydrogens (tertiary/aromatic N) is 2. The number of carbonyl (C=O) groups excluding carboxylic acids is 1. The van der Waals surface area contributed by atoms with E-state index in [0.717, 1.165) is 0 Å². The van der Waals surface area contributed by atoms with Gasteiger partial charge in [0.2, 0.25) is 0 Å². The summed E-state index contributed by atoms with van der Waals surface area (Å²) in [6.07, 6.45) is 0. The van der Waals surface area contributed by atoms with E-state index in [0.29, 0.717) is 23.1 Å². The number of carbonyl (C=O) groups is 1. The molecular weight excluding hydrogens is 316 g/mol. The molecule has 6 nitrogen and oxygen atoms in total. The van der Waals surface area contributed by atoms with E-state index in [1.54, 1.807) is 17.0 Å². The first-order valence-corrected chi connectivity index (χ1v) is 6.49. The predicted molar refractivity (Wildman–Crippen MR) is 73.8 cm³/mol. The number of benzene rings is 1. The Labute approximate surface area is 119 Å². The van der Waals surface area contributed by atoms with Crippen LogP contribution in [-0.4, -0.2) is 36.0 Å². The molecule has 0 bridgehead atoms. The molecule has 0 atom stereocenters. The van der Waals surface area contributed by atoms with Crippen molar-refractivity contribution in [2.24, 2.45) is 0 Å². The van der Waals surface area contributed by atoms with Crippen molar-refractivity contribution in [1.29, 1.82) is 0 Å². The number of likely N-dealkylation sites (N-methyl/N-ethyl adjacent to an activating group) is 1. The standard InChI is InChI=1S/C12H15BrN2O4/c1-3-14(8-12(16)19-2)7-9-4-5-10(13)6-11(9)15(17)18/h4-6H,3,7-8H2,1-2H3. The van der Waals surface area contributed by atoms with Gasteiger partial charge in [0.05, 0.1) is 18.6 Å². The molecule has 104 valence electrons. The Morgan fingerprint density at radius 2 is 2.21 bits per heavy atom. The van der Waals surface area contributed by atoms with Gasteiger partial charge in [-0.05, 0) is 18.7 Å². The van der Waals surface area contributed by atoms with E-state index >= 15 is 0 Å². The minimum atomic E-state index is -0.425. The van der Waals surface area contributed by atoms with Gasteiger partial charge in [-0.25, -0.2) is 0 Å². The minimum Gasteiger partial charge on any atom is -0.468 e. The summed E-state index contributed by atoms with van der Waals surface area (Å²) in [4.78, 5) is 23.6. The van der Waals surface area contributed by atoms with E-state index < -0.39 is 4.92 Å². The lowest BCUT2D eigenvalue weighted by molar-refractivity contribution is -0.385. The molecule has 0 N–H and O–H groups in total. The molecule has 0 unspecified atom stereocenters. The van der Waals surface area contributed by atoms with Crippen LogP contribution in [0.2, 0.25) is 0 Å². The summed E-state index contributed by atoms with van der Waals surface area (Å²) in [5, 5.41) is 11.0. The highest BCUT2D eigenvalue weighted by molar-refractivity contribution is 9.10. The first-order chi connectivity index (χ1) is 8.97. The molecule has 0 fully saturated rings.